The van der Waals surface area contributed by atoms with Gasteiger partial charge >= 0.3 is 0 Å². The zero-order valence-corrected chi connectivity index (χ0v) is 11.7. The second-order valence-electron chi connectivity index (χ2n) is 5.26. The summed E-state index contributed by atoms with van der Waals surface area (Å²) >= 11 is 0. The van der Waals surface area contributed by atoms with Crippen molar-refractivity contribution in [2.75, 3.05) is 7.11 Å². The van der Waals surface area contributed by atoms with Crippen molar-refractivity contribution in [3.8, 4) is 11.8 Å². The first-order chi connectivity index (χ1) is 9.24. The molecule has 1 aliphatic carbocycles. The van der Waals surface area contributed by atoms with E-state index in [4.69, 9.17) is 14.7 Å². The molecule has 0 radical (unpaired) electrons. The Morgan fingerprint density at radius 2 is 2.11 bits per heavy atom. The molecule has 3 nitrogen and oxygen atoms in total. The largest absolute Gasteiger partial charge is 0.495 e. The topological polar surface area (TPSA) is 42.2 Å². The Balaban J connectivity index is 1.98. The van der Waals surface area contributed by atoms with E-state index in [2.05, 4.69) is 13.0 Å². The molecule has 0 saturated heterocycles. The molecule has 0 aromatic heterocycles. The molecule has 0 amide bonds. The molecule has 1 aliphatic rings. The number of ether oxygens (including phenoxy) is 2. The number of methoxy groups -OCH3 is 1. The summed E-state index contributed by atoms with van der Waals surface area (Å²) in [4.78, 5) is 0. The van der Waals surface area contributed by atoms with E-state index in [9.17, 15) is 0 Å². The smallest absolute Gasteiger partial charge is 0.136 e. The fourth-order valence-electron chi connectivity index (χ4n) is 2.67. The van der Waals surface area contributed by atoms with Crippen molar-refractivity contribution in [3.05, 3.63) is 29.3 Å². The van der Waals surface area contributed by atoms with Crippen LogP contribution in [0.5, 0.6) is 5.75 Å². The minimum atomic E-state index is 0.362. The molecule has 1 aromatic rings. The van der Waals surface area contributed by atoms with Gasteiger partial charge in [-0.15, -0.1) is 0 Å². The summed E-state index contributed by atoms with van der Waals surface area (Å²) in [5.74, 6) is 1.26. The lowest BCUT2D eigenvalue weighted by Gasteiger charge is -2.28. The normalized spacial score (nSPS) is 22.8. The van der Waals surface area contributed by atoms with Gasteiger partial charge in [0, 0.05) is 0 Å². The van der Waals surface area contributed by atoms with E-state index in [0.717, 1.165) is 12.0 Å². The summed E-state index contributed by atoms with van der Waals surface area (Å²) in [6, 6.07) is 7.81. The fraction of sp³-hybridized carbons (Fsp3) is 0.562. The number of rotatable bonds is 4. The highest BCUT2D eigenvalue weighted by Gasteiger charge is 2.21. The first-order valence-corrected chi connectivity index (χ1v) is 6.93. The van der Waals surface area contributed by atoms with Gasteiger partial charge in [-0.25, -0.2) is 0 Å². The van der Waals surface area contributed by atoms with Gasteiger partial charge in [-0.05, 0) is 36.5 Å². The van der Waals surface area contributed by atoms with Crippen LogP contribution in [0.2, 0.25) is 0 Å². The zero-order chi connectivity index (χ0) is 13.7. The SMILES string of the molecule is COc1ccc(COC2CCCCC2C)cc1C#N. The first kappa shape index (κ1) is 13.9. The van der Waals surface area contributed by atoms with E-state index in [1.54, 1.807) is 7.11 Å². The van der Waals surface area contributed by atoms with Gasteiger partial charge in [0.15, 0.2) is 0 Å². The van der Waals surface area contributed by atoms with Crippen molar-refractivity contribution < 1.29 is 9.47 Å². The third-order valence-corrected chi connectivity index (χ3v) is 3.88. The quantitative estimate of drug-likeness (QED) is 0.828. The Kier molecular flexibility index (Phi) is 4.81. The summed E-state index contributed by atoms with van der Waals surface area (Å²) < 4.78 is 11.1. The monoisotopic (exact) mass is 259 g/mol. The number of hydrogen-bond acceptors (Lipinski definition) is 3. The van der Waals surface area contributed by atoms with Crippen LogP contribution in [0.3, 0.4) is 0 Å². The molecule has 0 aliphatic heterocycles. The summed E-state index contributed by atoms with van der Waals surface area (Å²) in [5.41, 5.74) is 1.61. The highest BCUT2D eigenvalue weighted by atomic mass is 16.5. The maximum atomic E-state index is 9.06. The lowest BCUT2D eigenvalue weighted by atomic mass is 9.88. The predicted octanol–water partition coefficient (Wildman–Crippen LogP) is 3.66. The molecule has 0 bridgehead atoms. The van der Waals surface area contributed by atoms with Gasteiger partial charge in [0.05, 0.1) is 25.4 Å². The molecule has 0 heterocycles. The molecular formula is C16H21NO2. The van der Waals surface area contributed by atoms with Crippen molar-refractivity contribution >= 4 is 0 Å². The van der Waals surface area contributed by atoms with Gasteiger partial charge in [-0.1, -0.05) is 25.8 Å². The Bertz CT molecular complexity index is 464. The minimum Gasteiger partial charge on any atom is -0.495 e. The third kappa shape index (κ3) is 3.48. The molecule has 19 heavy (non-hydrogen) atoms. The van der Waals surface area contributed by atoms with Crippen LogP contribution in [-0.2, 0) is 11.3 Å². The van der Waals surface area contributed by atoms with Crippen LogP contribution in [0.4, 0.5) is 0 Å². The predicted molar refractivity (Wildman–Crippen MR) is 73.9 cm³/mol. The molecule has 2 unspecified atom stereocenters. The first-order valence-electron chi connectivity index (χ1n) is 6.93. The van der Waals surface area contributed by atoms with Crippen LogP contribution in [0, 0.1) is 17.2 Å². The number of hydrogen-bond donors (Lipinski definition) is 0. The van der Waals surface area contributed by atoms with Crippen LogP contribution in [0.1, 0.15) is 43.7 Å². The Morgan fingerprint density at radius 1 is 1.32 bits per heavy atom. The van der Waals surface area contributed by atoms with Crippen molar-refractivity contribution in [1.29, 1.82) is 5.26 Å². The van der Waals surface area contributed by atoms with Crippen LogP contribution < -0.4 is 4.74 Å². The molecular weight excluding hydrogens is 238 g/mol. The minimum absolute atomic E-state index is 0.362. The molecule has 2 rings (SSSR count). The summed E-state index contributed by atoms with van der Waals surface area (Å²) in [6.07, 6.45) is 5.36. The van der Waals surface area contributed by atoms with E-state index in [1.165, 1.54) is 19.3 Å². The molecule has 0 spiro atoms. The average molecular weight is 259 g/mol. The molecule has 1 aromatic carbocycles. The standard InChI is InChI=1S/C16H21NO2/c1-12-5-3-4-6-15(12)19-11-13-7-8-16(18-2)14(9-13)10-17/h7-9,12,15H,3-6,11H2,1-2H3. The van der Waals surface area contributed by atoms with Crippen molar-refractivity contribution in [1.82, 2.24) is 0 Å². The lowest BCUT2D eigenvalue weighted by Crippen LogP contribution is -2.25. The molecule has 3 heteroatoms. The second-order valence-corrected chi connectivity index (χ2v) is 5.26. The van der Waals surface area contributed by atoms with E-state index in [0.29, 0.717) is 29.9 Å². The number of benzene rings is 1. The second kappa shape index (κ2) is 6.58. The molecule has 102 valence electrons. The van der Waals surface area contributed by atoms with Gasteiger partial charge < -0.3 is 9.47 Å². The van der Waals surface area contributed by atoms with E-state index < -0.39 is 0 Å². The summed E-state index contributed by atoms with van der Waals surface area (Å²) in [5, 5.41) is 9.06. The number of nitriles is 1. The van der Waals surface area contributed by atoms with Crippen molar-refractivity contribution in [3.63, 3.8) is 0 Å². The molecule has 1 saturated carbocycles. The van der Waals surface area contributed by atoms with E-state index in [1.807, 2.05) is 18.2 Å². The highest BCUT2D eigenvalue weighted by Crippen LogP contribution is 2.27. The van der Waals surface area contributed by atoms with Crippen LogP contribution in [0.25, 0.3) is 0 Å². The van der Waals surface area contributed by atoms with Crippen LogP contribution >= 0.6 is 0 Å². The van der Waals surface area contributed by atoms with Gasteiger partial charge in [0.2, 0.25) is 0 Å². The Hall–Kier alpha value is -1.53. The van der Waals surface area contributed by atoms with Crippen molar-refractivity contribution in [2.24, 2.45) is 5.92 Å². The number of nitrogens with zero attached hydrogens (tertiary/aromatic N) is 1. The Morgan fingerprint density at radius 3 is 2.79 bits per heavy atom. The maximum Gasteiger partial charge on any atom is 0.136 e. The average Bonchev–Trinajstić information content (AvgIpc) is 2.46. The Labute approximate surface area is 115 Å². The van der Waals surface area contributed by atoms with E-state index in [-0.39, 0.29) is 0 Å². The molecule has 1 fully saturated rings. The van der Waals surface area contributed by atoms with Crippen LogP contribution in [0.15, 0.2) is 18.2 Å². The van der Waals surface area contributed by atoms with Gasteiger partial charge in [0.1, 0.15) is 11.8 Å². The summed E-state index contributed by atoms with van der Waals surface area (Å²) in [7, 11) is 1.58. The fourth-order valence-corrected chi connectivity index (χ4v) is 2.67. The highest BCUT2D eigenvalue weighted by molar-refractivity contribution is 5.45. The maximum absolute atomic E-state index is 9.06. The van der Waals surface area contributed by atoms with Crippen molar-refractivity contribution in [2.45, 2.75) is 45.3 Å². The van der Waals surface area contributed by atoms with Gasteiger partial charge in [-0.3, -0.25) is 0 Å². The zero-order valence-electron chi connectivity index (χ0n) is 11.7. The third-order valence-electron chi connectivity index (χ3n) is 3.88. The van der Waals surface area contributed by atoms with Gasteiger partial charge in [0.25, 0.3) is 0 Å². The molecule has 0 N–H and O–H groups in total. The van der Waals surface area contributed by atoms with Crippen LogP contribution in [-0.4, -0.2) is 13.2 Å². The van der Waals surface area contributed by atoms with Gasteiger partial charge in [-0.2, -0.15) is 5.26 Å². The molecule has 2 atom stereocenters. The van der Waals surface area contributed by atoms with E-state index >= 15 is 0 Å². The summed E-state index contributed by atoms with van der Waals surface area (Å²) in [6.45, 7) is 2.84. The lowest BCUT2D eigenvalue weighted by molar-refractivity contribution is -0.0154.